The topological polar surface area (TPSA) is 44.8 Å². The number of benzene rings is 2. The van der Waals surface area contributed by atoms with E-state index in [9.17, 15) is 4.79 Å². The lowest BCUT2D eigenvalue weighted by Gasteiger charge is -2.14. The summed E-state index contributed by atoms with van der Waals surface area (Å²) in [5, 5.41) is 0.472. The van der Waals surface area contributed by atoms with Crippen LogP contribution in [0.2, 0.25) is 5.02 Å². The Bertz CT molecular complexity index is 603. The van der Waals surface area contributed by atoms with Crippen LogP contribution in [0, 0.1) is 0 Å². The monoisotopic (exact) mass is 292 g/mol. The fourth-order valence-corrected chi connectivity index (χ4v) is 1.88. The van der Waals surface area contributed by atoms with Crippen molar-refractivity contribution in [1.29, 1.82) is 0 Å². The molecule has 20 heavy (non-hydrogen) atoms. The number of halogens is 1. The molecule has 0 heterocycles. The predicted octanol–water partition coefficient (Wildman–Crippen LogP) is 3.96. The van der Waals surface area contributed by atoms with E-state index in [1.54, 1.807) is 36.4 Å². The molecule has 0 amide bonds. The first-order valence-electron chi connectivity index (χ1n) is 5.83. The molecule has 0 radical (unpaired) electrons. The van der Waals surface area contributed by atoms with Crippen LogP contribution >= 0.6 is 11.6 Å². The SMILES string of the molecule is COc1cccc(OC)c1Oc1cc(Cl)ccc1C=O. The minimum absolute atomic E-state index is 0.343. The van der Waals surface area contributed by atoms with Crippen molar-refractivity contribution in [3.63, 3.8) is 0 Å². The first-order chi connectivity index (χ1) is 9.69. The minimum atomic E-state index is 0.343. The summed E-state index contributed by atoms with van der Waals surface area (Å²) in [5.41, 5.74) is 0.391. The maximum Gasteiger partial charge on any atom is 0.211 e. The fourth-order valence-electron chi connectivity index (χ4n) is 1.72. The molecule has 0 saturated carbocycles. The zero-order valence-corrected chi connectivity index (χ0v) is 11.8. The first-order valence-corrected chi connectivity index (χ1v) is 6.21. The van der Waals surface area contributed by atoms with Crippen LogP contribution in [0.4, 0.5) is 0 Å². The number of ether oxygens (including phenoxy) is 3. The van der Waals surface area contributed by atoms with Crippen LogP contribution in [-0.4, -0.2) is 20.5 Å². The fraction of sp³-hybridized carbons (Fsp3) is 0.133. The van der Waals surface area contributed by atoms with Crippen molar-refractivity contribution in [3.05, 3.63) is 47.0 Å². The second-order valence-electron chi connectivity index (χ2n) is 3.89. The van der Waals surface area contributed by atoms with Gasteiger partial charge in [0.1, 0.15) is 5.75 Å². The van der Waals surface area contributed by atoms with Gasteiger partial charge in [-0.15, -0.1) is 0 Å². The highest BCUT2D eigenvalue weighted by Crippen LogP contribution is 2.41. The second-order valence-corrected chi connectivity index (χ2v) is 4.33. The van der Waals surface area contributed by atoms with Crippen molar-refractivity contribution < 1.29 is 19.0 Å². The molecule has 0 aliphatic rings. The normalized spacial score (nSPS) is 9.95. The lowest BCUT2D eigenvalue weighted by atomic mass is 10.2. The van der Waals surface area contributed by atoms with Crippen LogP contribution < -0.4 is 14.2 Å². The summed E-state index contributed by atoms with van der Waals surface area (Å²) in [6.07, 6.45) is 0.702. The number of rotatable bonds is 5. The van der Waals surface area contributed by atoms with Gasteiger partial charge in [-0.25, -0.2) is 0 Å². The highest BCUT2D eigenvalue weighted by molar-refractivity contribution is 6.30. The van der Waals surface area contributed by atoms with Crippen molar-refractivity contribution in [2.24, 2.45) is 0 Å². The third kappa shape index (κ3) is 2.86. The van der Waals surface area contributed by atoms with Crippen LogP contribution in [0.25, 0.3) is 0 Å². The number of carbonyl (C=O) groups is 1. The first kappa shape index (κ1) is 14.2. The third-order valence-corrected chi connectivity index (χ3v) is 2.93. The Kier molecular flexibility index (Phi) is 4.48. The van der Waals surface area contributed by atoms with Gasteiger partial charge >= 0.3 is 0 Å². The Morgan fingerprint density at radius 2 is 1.65 bits per heavy atom. The molecule has 0 atom stereocenters. The number of carbonyl (C=O) groups excluding carboxylic acids is 1. The van der Waals surface area contributed by atoms with Gasteiger partial charge in [0, 0.05) is 11.1 Å². The van der Waals surface area contributed by atoms with Crippen molar-refractivity contribution in [3.8, 4) is 23.0 Å². The van der Waals surface area contributed by atoms with Crippen molar-refractivity contribution >= 4 is 17.9 Å². The van der Waals surface area contributed by atoms with Crippen LogP contribution in [0.1, 0.15) is 10.4 Å². The predicted molar refractivity (Wildman–Crippen MR) is 76.5 cm³/mol. The maximum absolute atomic E-state index is 11.1. The molecule has 2 aromatic carbocycles. The molecule has 0 aromatic heterocycles. The summed E-state index contributed by atoms with van der Waals surface area (Å²) < 4.78 is 16.2. The highest BCUT2D eigenvalue weighted by atomic mass is 35.5. The molecule has 0 unspecified atom stereocenters. The smallest absolute Gasteiger partial charge is 0.211 e. The van der Waals surface area contributed by atoms with E-state index in [4.69, 9.17) is 25.8 Å². The standard InChI is InChI=1S/C15H13ClO4/c1-18-12-4-3-5-13(19-2)15(12)20-14-8-11(16)7-6-10(14)9-17/h3-9H,1-2H3. The van der Waals surface area contributed by atoms with E-state index in [1.165, 1.54) is 14.2 Å². The van der Waals surface area contributed by atoms with E-state index < -0.39 is 0 Å². The lowest BCUT2D eigenvalue weighted by Crippen LogP contribution is -1.96. The molecule has 4 nitrogen and oxygen atoms in total. The third-order valence-electron chi connectivity index (χ3n) is 2.70. The quantitative estimate of drug-likeness (QED) is 0.782. The van der Waals surface area contributed by atoms with Crippen LogP contribution in [-0.2, 0) is 0 Å². The molecule has 0 N–H and O–H groups in total. The molecule has 2 aromatic rings. The Balaban J connectivity index is 2.49. The summed E-state index contributed by atoms with van der Waals surface area (Å²) >= 11 is 5.93. The minimum Gasteiger partial charge on any atom is -0.493 e. The Labute approximate surface area is 121 Å². The number of methoxy groups -OCH3 is 2. The van der Waals surface area contributed by atoms with Gasteiger partial charge in [-0.1, -0.05) is 17.7 Å². The van der Waals surface area contributed by atoms with Gasteiger partial charge in [-0.2, -0.15) is 0 Å². The average molecular weight is 293 g/mol. The molecule has 104 valence electrons. The summed E-state index contributed by atoms with van der Waals surface area (Å²) in [4.78, 5) is 11.1. The number of hydrogen-bond acceptors (Lipinski definition) is 4. The van der Waals surface area contributed by atoms with Gasteiger partial charge in [0.05, 0.1) is 19.8 Å². The lowest BCUT2D eigenvalue weighted by molar-refractivity contribution is 0.112. The zero-order valence-electron chi connectivity index (χ0n) is 11.1. The molecule has 0 saturated heterocycles. The molecule has 2 rings (SSSR count). The van der Waals surface area contributed by atoms with Crippen LogP contribution in [0.15, 0.2) is 36.4 Å². The van der Waals surface area contributed by atoms with E-state index in [-0.39, 0.29) is 0 Å². The molecular formula is C15H13ClO4. The van der Waals surface area contributed by atoms with Gasteiger partial charge in [0.25, 0.3) is 0 Å². The maximum atomic E-state index is 11.1. The number of aldehydes is 1. The van der Waals surface area contributed by atoms with Crippen molar-refractivity contribution in [2.45, 2.75) is 0 Å². The number of para-hydroxylation sites is 1. The Hall–Kier alpha value is -2.20. The molecule has 0 aliphatic heterocycles. The van der Waals surface area contributed by atoms with Crippen molar-refractivity contribution in [2.75, 3.05) is 14.2 Å². The van der Waals surface area contributed by atoms with Gasteiger partial charge in [0.2, 0.25) is 5.75 Å². The van der Waals surface area contributed by atoms with Gasteiger partial charge in [-0.3, -0.25) is 4.79 Å². The van der Waals surface area contributed by atoms with Gasteiger partial charge in [-0.05, 0) is 24.3 Å². The van der Waals surface area contributed by atoms with Crippen LogP contribution in [0.3, 0.4) is 0 Å². The molecule has 0 spiro atoms. The van der Waals surface area contributed by atoms with E-state index in [1.807, 2.05) is 0 Å². The highest BCUT2D eigenvalue weighted by Gasteiger charge is 2.14. The molecule has 0 aliphatic carbocycles. The van der Waals surface area contributed by atoms with E-state index in [2.05, 4.69) is 0 Å². The second kappa shape index (κ2) is 6.30. The Morgan fingerprint density at radius 3 is 2.20 bits per heavy atom. The molecule has 5 heteroatoms. The summed E-state index contributed by atoms with van der Waals surface area (Å²) in [5.74, 6) is 1.74. The molecule has 0 bridgehead atoms. The van der Waals surface area contributed by atoms with Crippen molar-refractivity contribution in [1.82, 2.24) is 0 Å². The van der Waals surface area contributed by atoms with E-state index >= 15 is 0 Å². The Morgan fingerprint density at radius 1 is 1.00 bits per heavy atom. The van der Waals surface area contributed by atoms with Gasteiger partial charge < -0.3 is 14.2 Å². The summed E-state index contributed by atoms with van der Waals surface area (Å²) in [6, 6.07) is 10.0. The summed E-state index contributed by atoms with van der Waals surface area (Å²) in [7, 11) is 3.06. The largest absolute Gasteiger partial charge is 0.493 e. The van der Waals surface area contributed by atoms with Crippen LogP contribution in [0.5, 0.6) is 23.0 Å². The molecular weight excluding hydrogens is 280 g/mol. The zero-order chi connectivity index (χ0) is 14.5. The summed E-state index contributed by atoms with van der Waals surface area (Å²) in [6.45, 7) is 0. The van der Waals surface area contributed by atoms with E-state index in [0.717, 1.165) is 0 Å². The molecule has 0 fully saturated rings. The number of hydrogen-bond donors (Lipinski definition) is 0. The van der Waals surface area contributed by atoms with Gasteiger partial charge in [0.15, 0.2) is 17.8 Å². The average Bonchev–Trinajstić information content (AvgIpc) is 2.47. The van der Waals surface area contributed by atoms with E-state index in [0.29, 0.717) is 39.9 Å².